The lowest BCUT2D eigenvalue weighted by atomic mass is 9.44. The van der Waals surface area contributed by atoms with Gasteiger partial charge in [-0.05, 0) is 50.7 Å². The van der Waals surface area contributed by atoms with Gasteiger partial charge in [0.1, 0.15) is 0 Å². The first-order chi connectivity index (χ1) is 15.4. The van der Waals surface area contributed by atoms with Crippen molar-refractivity contribution in [2.75, 3.05) is 20.2 Å². The van der Waals surface area contributed by atoms with Crippen LogP contribution >= 0.6 is 0 Å². The normalized spacial score (nSPS) is 48.4. The molecule has 0 amide bonds. The topological polar surface area (TPSA) is 93.1 Å². The molecule has 0 aromatic carbocycles. The number of alkyl halides is 1. The number of halogens is 1. The van der Waals surface area contributed by atoms with E-state index in [1.54, 1.807) is 25.1 Å². The largest absolute Gasteiger partial charge is 0.458 e. The van der Waals surface area contributed by atoms with Crippen LogP contribution in [0, 0.1) is 28.6 Å². The number of carbonyl (C=O) groups excluding carboxylic acids is 3. The fourth-order valence-electron chi connectivity index (χ4n) is 8.21. The van der Waals surface area contributed by atoms with Crippen LogP contribution in [0.2, 0.25) is 0 Å². The fourth-order valence-corrected chi connectivity index (χ4v) is 8.21. The third-order valence-corrected chi connectivity index (χ3v) is 9.59. The lowest BCUT2D eigenvalue weighted by Crippen LogP contribution is -2.69. The molecule has 0 bridgehead atoms. The molecule has 0 aromatic rings. The average Bonchev–Trinajstić information content (AvgIpc) is 3.19. The van der Waals surface area contributed by atoms with Crippen LogP contribution in [0.1, 0.15) is 46.5 Å². The number of allylic oxidation sites excluding steroid dienone is 4. The summed E-state index contributed by atoms with van der Waals surface area (Å²) < 4.78 is 22.3. The summed E-state index contributed by atoms with van der Waals surface area (Å²) in [5, 5.41) is 13.1. The van der Waals surface area contributed by atoms with Crippen molar-refractivity contribution in [3.63, 3.8) is 0 Å². The Kier molecular flexibility index (Phi) is 4.89. The quantitative estimate of drug-likeness (QED) is 0.645. The molecule has 180 valence electrons. The van der Waals surface area contributed by atoms with E-state index < -0.39 is 46.7 Å². The predicted octanol–water partition coefficient (Wildman–Crippen LogP) is 2.33. The predicted molar refractivity (Wildman–Crippen MR) is 115 cm³/mol. The number of ether oxygens (including phenoxy) is 1. The molecule has 0 radical (unpaired) electrons. The van der Waals surface area contributed by atoms with Gasteiger partial charge in [0.2, 0.25) is 5.78 Å². The SMILES string of the molecule is CC(=O)OCC(=O)[C@@]12ON(C)C[C@@H]1CC1C3CCC4=CC(=O)C=CC4(C)[C@@]3(F)C(O)CC12C. The minimum Gasteiger partial charge on any atom is -0.458 e. The molecule has 0 spiro atoms. The summed E-state index contributed by atoms with van der Waals surface area (Å²) in [4.78, 5) is 43.2. The maximum atomic E-state index is 17.2. The van der Waals surface area contributed by atoms with E-state index in [9.17, 15) is 19.5 Å². The van der Waals surface area contributed by atoms with Crippen LogP contribution in [0.5, 0.6) is 0 Å². The third kappa shape index (κ3) is 2.68. The first kappa shape index (κ1) is 22.9. The summed E-state index contributed by atoms with van der Waals surface area (Å²) in [6, 6.07) is 0. The lowest BCUT2D eigenvalue weighted by Gasteiger charge is -2.62. The molecule has 3 saturated carbocycles. The van der Waals surface area contributed by atoms with Gasteiger partial charge >= 0.3 is 5.97 Å². The highest BCUT2D eigenvalue weighted by atomic mass is 19.1. The summed E-state index contributed by atoms with van der Waals surface area (Å²) in [6.45, 7) is 5.07. The lowest BCUT2D eigenvalue weighted by molar-refractivity contribution is -0.260. The van der Waals surface area contributed by atoms with Crippen LogP contribution in [0.4, 0.5) is 4.39 Å². The van der Waals surface area contributed by atoms with Crippen LogP contribution < -0.4 is 0 Å². The summed E-state index contributed by atoms with van der Waals surface area (Å²) >= 11 is 0. The molecule has 8 atom stereocenters. The van der Waals surface area contributed by atoms with Gasteiger partial charge in [0.25, 0.3) is 0 Å². The Morgan fingerprint density at radius 1 is 1.33 bits per heavy atom. The second-order valence-electron chi connectivity index (χ2n) is 11.0. The minimum atomic E-state index is -1.96. The van der Waals surface area contributed by atoms with E-state index in [2.05, 4.69) is 0 Å². The summed E-state index contributed by atoms with van der Waals surface area (Å²) in [5.74, 6) is -1.92. The van der Waals surface area contributed by atoms with Crippen LogP contribution in [-0.4, -0.2) is 65.3 Å². The molecule has 1 saturated heterocycles. The van der Waals surface area contributed by atoms with Crippen molar-refractivity contribution >= 4 is 17.5 Å². The van der Waals surface area contributed by atoms with Crippen LogP contribution in [0.3, 0.4) is 0 Å². The molecule has 0 aromatic heterocycles. The molecule has 5 unspecified atom stereocenters. The summed E-state index contributed by atoms with van der Waals surface area (Å²) in [6.07, 6.45) is 4.91. The fraction of sp³-hybridized carbons (Fsp3) is 0.720. The van der Waals surface area contributed by atoms with Gasteiger partial charge in [-0.3, -0.25) is 19.2 Å². The number of Topliss-reactive ketones (excluding diaryl/α,β-unsaturated/α-hetero) is 1. The zero-order valence-corrected chi connectivity index (χ0v) is 19.6. The molecule has 4 aliphatic carbocycles. The molecule has 5 rings (SSSR count). The van der Waals surface area contributed by atoms with Gasteiger partial charge < -0.3 is 9.84 Å². The van der Waals surface area contributed by atoms with E-state index in [0.29, 0.717) is 25.8 Å². The Hall–Kier alpha value is -1.90. The van der Waals surface area contributed by atoms with E-state index in [1.165, 1.54) is 19.1 Å². The number of esters is 1. The Morgan fingerprint density at radius 3 is 2.76 bits per heavy atom. The number of carbonyl (C=O) groups is 3. The van der Waals surface area contributed by atoms with Crippen molar-refractivity contribution in [3.8, 4) is 0 Å². The molecule has 8 heteroatoms. The van der Waals surface area contributed by atoms with Crippen molar-refractivity contribution in [3.05, 3.63) is 23.8 Å². The van der Waals surface area contributed by atoms with Gasteiger partial charge in [0.15, 0.2) is 23.7 Å². The number of hydrogen-bond donors (Lipinski definition) is 1. The van der Waals surface area contributed by atoms with E-state index in [-0.39, 0.29) is 29.8 Å². The molecule has 1 heterocycles. The van der Waals surface area contributed by atoms with Crippen LogP contribution in [0.15, 0.2) is 23.8 Å². The molecule has 33 heavy (non-hydrogen) atoms. The molecule has 4 fully saturated rings. The summed E-state index contributed by atoms with van der Waals surface area (Å²) in [7, 11) is 1.76. The molecule has 7 nitrogen and oxygen atoms in total. The maximum Gasteiger partial charge on any atom is 0.303 e. The van der Waals surface area contributed by atoms with E-state index >= 15 is 4.39 Å². The average molecular weight is 462 g/mol. The Labute approximate surface area is 192 Å². The first-order valence-corrected chi connectivity index (χ1v) is 11.8. The van der Waals surface area contributed by atoms with Crippen molar-refractivity contribution in [1.82, 2.24) is 5.06 Å². The highest BCUT2D eigenvalue weighted by Crippen LogP contribution is 2.72. The number of fused-ring (bicyclic) bond motifs is 7. The van der Waals surface area contributed by atoms with E-state index in [4.69, 9.17) is 9.57 Å². The third-order valence-electron chi connectivity index (χ3n) is 9.59. The van der Waals surface area contributed by atoms with Crippen molar-refractivity contribution in [1.29, 1.82) is 0 Å². The van der Waals surface area contributed by atoms with Gasteiger partial charge in [-0.15, -0.1) is 0 Å². The molecule has 5 aliphatic rings. The number of aliphatic hydroxyl groups excluding tert-OH is 1. The zero-order chi connectivity index (χ0) is 24.0. The number of aliphatic hydroxyl groups is 1. The standard InChI is InChI=1S/C25H32FNO6/c1-14(28)32-13-21(31)25-16(12-27(4)33-25)10-19-18-6-5-15-9-17(29)7-8-22(15,2)24(18,26)20(30)11-23(19,25)3/h7-9,16,18-20,30H,5-6,10-13H2,1-4H3/t16-,18?,19?,20?,22?,23?,24-,25-/m0/s1. The molecule has 1 N–H and O–H groups in total. The zero-order valence-electron chi connectivity index (χ0n) is 19.6. The Morgan fingerprint density at radius 2 is 2.06 bits per heavy atom. The van der Waals surface area contributed by atoms with Crippen molar-refractivity contribution in [2.24, 2.45) is 28.6 Å². The van der Waals surface area contributed by atoms with Gasteiger partial charge in [-0.1, -0.05) is 18.6 Å². The number of hydrogen-bond acceptors (Lipinski definition) is 7. The second-order valence-corrected chi connectivity index (χ2v) is 11.0. The minimum absolute atomic E-state index is 0.0471. The first-order valence-electron chi connectivity index (χ1n) is 11.8. The molecular formula is C25H32FNO6. The number of ketones is 2. The molecule has 1 aliphatic heterocycles. The van der Waals surface area contributed by atoms with E-state index in [0.717, 1.165) is 5.57 Å². The van der Waals surface area contributed by atoms with E-state index in [1.807, 2.05) is 6.92 Å². The smallest absolute Gasteiger partial charge is 0.303 e. The second kappa shape index (κ2) is 7.06. The van der Waals surface area contributed by atoms with Gasteiger partial charge in [-0.25, -0.2) is 4.39 Å². The van der Waals surface area contributed by atoms with Gasteiger partial charge in [0, 0.05) is 43.2 Å². The number of hydroxylamine groups is 2. The Bertz CT molecular complexity index is 993. The van der Waals surface area contributed by atoms with Crippen LogP contribution in [0.25, 0.3) is 0 Å². The van der Waals surface area contributed by atoms with Crippen molar-refractivity contribution < 1.29 is 33.5 Å². The van der Waals surface area contributed by atoms with Crippen molar-refractivity contribution in [2.45, 2.75) is 63.8 Å². The van der Waals surface area contributed by atoms with Gasteiger partial charge in [0.05, 0.1) is 6.10 Å². The highest BCUT2D eigenvalue weighted by Gasteiger charge is 2.78. The maximum absolute atomic E-state index is 17.2. The number of rotatable bonds is 3. The Balaban J connectivity index is 1.58. The monoisotopic (exact) mass is 461 g/mol. The van der Waals surface area contributed by atoms with Gasteiger partial charge in [-0.2, -0.15) is 5.06 Å². The number of nitrogens with zero attached hydrogens (tertiary/aromatic N) is 1. The molecular weight excluding hydrogens is 429 g/mol. The highest BCUT2D eigenvalue weighted by molar-refractivity contribution is 6.01. The summed E-state index contributed by atoms with van der Waals surface area (Å²) in [5.41, 5.74) is -4.41. The van der Waals surface area contributed by atoms with Crippen LogP contribution in [-0.2, 0) is 24.0 Å².